The highest BCUT2D eigenvalue weighted by atomic mass is 16.6. The van der Waals surface area contributed by atoms with Gasteiger partial charge in [-0.25, -0.2) is 4.79 Å². The molecule has 1 saturated heterocycles. The molecule has 1 N–H and O–H groups in total. The first kappa shape index (κ1) is 20.7. The Hall–Kier alpha value is -2.57. The van der Waals surface area contributed by atoms with Crippen LogP contribution in [0.3, 0.4) is 0 Å². The molecular formula is C20H28N2O5. The van der Waals surface area contributed by atoms with Crippen molar-refractivity contribution in [3.63, 3.8) is 0 Å². The van der Waals surface area contributed by atoms with Gasteiger partial charge in [0.1, 0.15) is 24.8 Å². The number of rotatable bonds is 5. The standard InChI is InChI=1S/C20H28N2O5/c1-20(2,3)27-19(25)21-16-11-7-8-12-22(18(16)24)13-17(23)26-14-15-9-5-4-6-10-15/h4-6,9-10,16H,7-8,11-14H2,1-3H3,(H,21,25)/t16-/m1/s1. The minimum atomic E-state index is -0.690. The third kappa shape index (κ3) is 7.29. The van der Waals surface area contributed by atoms with Gasteiger partial charge in [-0.05, 0) is 45.6 Å². The summed E-state index contributed by atoms with van der Waals surface area (Å²) < 4.78 is 10.5. The maximum atomic E-state index is 12.7. The second-order valence-electron chi connectivity index (χ2n) is 7.60. The number of benzene rings is 1. The van der Waals surface area contributed by atoms with E-state index in [1.54, 1.807) is 20.8 Å². The Balaban J connectivity index is 1.88. The van der Waals surface area contributed by atoms with E-state index in [-0.39, 0.29) is 19.1 Å². The summed E-state index contributed by atoms with van der Waals surface area (Å²) >= 11 is 0. The number of carbonyl (C=O) groups excluding carboxylic acids is 3. The lowest BCUT2D eigenvalue weighted by Crippen LogP contribution is -2.49. The van der Waals surface area contributed by atoms with Crippen molar-refractivity contribution in [1.82, 2.24) is 10.2 Å². The Bertz CT molecular complexity index is 654. The highest BCUT2D eigenvalue weighted by molar-refractivity contribution is 5.88. The molecular weight excluding hydrogens is 348 g/mol. The van der Waals surface area contributed by atoms with Crippen LogP contribution in [0, 0.1) is 0 Å². The van der Waals surface area contributed by atoms with E-state index in [4.69, 9.17) is 9.47 Å². The summed E-state index contributed by atoms with van der Waals surface area (Å²) in [6, 6.07) is 8.67. The van der Waals surface area contributed by atoms with Gasteiger partial charge in [0, 0.05) is 6.54 Å². The quantitative estimate of drug-likeness (QED) is 0.799. The molecule has 1 aromatic rings. The van der Waals surface area contributed by atoms with E-state index in [0.29, 0.717) is 13.0 Å². The molecule has 27 heavy (non-hydrogen) atoms. The summed E-state index contributed by atoms with van der Waals surface area (Å²) in [5.41, 5.74) is 0.246. The van der Waals surface area contributed by atoms with Gasteiger partial charge in [-0.15, -0.1) is 0 Å². The van der Waals surface area contributed by atoms with Crippen molar-refractivity contribution in [2.24, 2.45) is 0 Å². The molecule has 0 radical (unpaired) electrons. The summed E-state index contributed by atoms with van der Waals surface area (Å²) in [6.07, 6.45) is 1.44. The minimum absolute atomic E-state index is 0.127. The average Bonchev–Trinajstić information content (AvgIpc) is 2.75. The van der Waals surface area contributed by atoms with E-state index in [1.807, 2.05) is 30.3 Å². The van der Waals surface area contributed by atoms with Crippen LogP contribution < -0.4 is 5.32 Å². The highest BCUT2D eigenvalue weighted by Gasteiger charge is 2.31. The van der Waals surface area contributed by atoms with E-state index >= 15 is 0 Å². The molecule has 1 fully saturated rings. The zero-order chi connectivity index (χ0) is 19.9. The lowest BCUT2D eigenvalue weighted by Gasteiger charge is -2.25. The molecule has 7 nitrogen and oxygen atoms in total. The predicted molar refractivity (Wildman–Crippen MR) is 99.8 cm³/mol. The van der Waals surface area contributed by atoms with Crippen LogP contribution in [0.5, 0.6) is 0 Å². The fraction of sp³-hybridized carbons (Fsp3) is 0.550. The van der Waals surface area contributed by atoms with Gasteiger partial charge in [0.25, 0.3) is 0 Å². The number of likely N-dealkylation sites (tertiary alicyclic amines) is 1. The molecule has 7 heteroatoms. The number of nitrogens with zero attached hydrogens (tertiary/aromatic N) is 1. The zero-order valence-electron chi connectivity index (χ0n) is 16.2. The van der Waals surface area contributed by atoms with Crippen LogP contribution in [0.4, 0.5) is 4.79 Å². The molecule has 1 aromatic carbocycles. The number of alkyl carbamates (subject to hydrolysis) is 1. The predicted octanol–water partition coefficient (Wildman–Crippen LogP) is 2.64. The molecule has 1 heterocycles. The van der Waals surface area contributed by atoms with E-state index < -0.39 is 23.7 Å². The van der Waals surface area contributed by atoms with Crippen molar-refractivity contribution in [3.8, 4) is 0 Å². The van der Waals surface area contributed by atoms with Gasteiger partial charge in [-0.2, -0.15) is 0 Å². The highest BCUT2D eigenvalue weighted by Crippen LogP contribution is 2.14. The molecule has 0 aliphatic carbocycles. The molecule has 0 saturated carbocycles. The van der Waals surface area contributed by atoms with Crippen LogP contribution in [-0.4, -0.2) is 47.6 Å². The van der Waals surface area contributed by atoms with Crippen LogP contribution in [0.2, 0.25) is 0 Å². The maximum absolute atomic E-state index is 12.7. The average molecular weight is 376 g/mol. The van der Waals surface area contributed by atoms with E-state index in [1.165, 1.54) is 4.90 Å². The van der Waals surface area contributed by atoms with E-state index in [0.717, 1.165) is 18.4 Å². The smallest absolute Gasteiger partial charge is 0.408 e. The lowest BCUT2D eigenvalue weighted by atomic mass is 10.1. The molecule has 0 unspecified atom stereocenters. The summed E-state index contributed by atoms with van der Waals surface area (Å²) in [5, 5.41) is 2.62. The van der Waals surface area contributed by atoms with Gasteiger partial charge >= 0.3 is 12.1 Å². The van der Waals surface area contributed by atoms with Crippen molar-refractivity contribution in [2.75, 3.05) is 13.1 Å². The molecule has 1 atom stereocenters. The number of esters is 1. The summed E-state index contributed by atoms with van der Waals surface area (Å²) in [6.45, 7) is 5.79. The monoisotopic (exact) mass is 376 g/mol. The summed E-state index contributed by atoms with van der Waals surface area (Å²) in [7, 11) is 0. The van der Waals surface area contributed by atoms with Gasteiger partial charge in [-0.3, -0.25) is 9.59 Å². The summed E-state index contributed by atoms with van der Waals surface area (Å²) in [4.78, 5) is 38.3. The molecule has 2 rings (SSSR count). The Morgan fingerprint density at radius 3 is 2.56 bits per heavy atom. The van der Waals surface area contributed by atoms with Crippen LogP contribution in [-0.2, 0) is 25.7 Å². The maximum Gasteiger partial charge on any atom is 0.408 e. The first-order valence-corrected chi connectivity index (χ1v) is 9.22. The topological polar surface area (TPSA) is 84.9 Å². The molecule has 1 aliphatic heterocycles. The number of carbonyl (C=O) groups is 3. The fourth-order valence-electron chi connectivity index (χ4n) is 2.79. The normalized spacial score (nSPS) is 17.8. The van der Waals surface area contributed by atoms with Gasteiger partial charge < -0.3 is 19.7 Å². The first-order chi connectivity index (χ1) is 12.7. The number of ether oxygens (including phenoxy) is 2. The Labute approximate surface area is 160 Å². The van der Waals surface area contributed by atoms with Crippen LogP contribution in [0.15, 0.2) is 30.3 Å². The Kier molecular flexibility index (Phi) is 7.21. The van der Waals surface area contributed by atoms with Gasteiger partial charge in [0.05, 0.1) is 0 Å². The first-order valence-electron chi connectivity index (χ1n) is 9.22. The second-order valence-corrected chi connectivity index (χ2v) is 7.60. The molecule has 0 aromatic heterocycles. The van der Waals surface area contributed by atoms with Crippen LogP contribution >= 0.6 is 0 Å². The van der Waals surface area contributed by atoms with Gasteiger partial charge in [-0.1, -0.05) is 30.3 Å². The van der Waals surface area contributed by atoms with Gasteiger partial charge in [0.15, 0.2) is 0 Å². The molecule has 1 aliphatic rings. The number of amides is 2. The van der Waals surface area contributed by atoms with Crippen molar-refractivity contribution in [3.05, 3.63) is 35.9 Å². The molecule has 2 amide bonds. The third-order valence-corrected chi connectivity index (χ3v) is 4.03. The van der Waals surface area contributed by atoms with Crippen molar-refractivity contribution >= 4 is 18.0 Å². The SMILES string of the molecule is CC(C)(C)OC(=O)N[C@@H]1CCCCN(CC(=O)OCc2ccccc2)C1=O. The number of hydrogen-bond donors (Lipinski definition) is 1. The Morgan fingerprint density at radius 1 is 1.19 bits per heavy atom. The zero-order valence-corrected chi connectivity index (χ0v) is 16.2. The summed E-state index contributed by atoms with van der Waals surface area (Å²) in [5.74, 6) is -0.750. The fourth-order valence-corrected chi connectivity index (χ4v) is 2.79. The van der Waals surface area contributed by atoms with Crippen molar-refractivity contribution < 1.29 is 23.9 Å². The molecule has 0 spiro atoms. The lowest BCUT2D eigenvalue weighted by molar-refractivity contribution is -0.150. The van der Waals surface area contributed by atoms with Crippen LogP contribution in [0.1, 0.15) is 45.6 Å². The number of hydrogen-bond acceptors (Lipinski definition) is 5. The Morgan fingerprint density at radius 2 is 1.89 bits per heavy atom. The van der Waals surface area contributed by atoms with Gasteiger partial charge in [0.2, 0.25) is 5.91 Å². The van der Waals surface area contributed by atoms with E-state index in [2.05, 4.69) is 5.32 Å². The van der Waals surface area contributed by atoms with Crippen LogP contribution in [0.25, 0.3) is 0 Å². The second kappa shape index (κ2) is 9.39. The van der Waals surface area contributed by atoms with Crippen molar-refractivity contribution in [1.29, 1.82) is 0 Å². The molecule has 148 valence electrons. The molecule has 0 bridgehead atoms. The third-order valence-electron chi connectivity index (χ3n) is 4.03. The number of nitrogens with one attached hydrogen (secondary N) is 1. The van der Waals surface area contributed by atoms with Crippen molar-refractivity contribution in [2.45, 2.75) is 58.3 Å². The minimum Gasteiger partial charge on any atom is -0.459 e. The van der Waals surface area contributed by atoms with E-state index in [9.17, 15) is 14.4 Å². The largest absolute Gasteiger partial charge is 0.459 e.